The van der Waals surface area contributed by atoms with Crippen molar-refractivity contribution in [2.24, 2.45) is 0 Å². The molecule has 128 valence electrons. The number of ether oxygens (including phenoxy) is 2. The fourth-order valence-electron chi connectivity index (χ4n) is 1.81. The van der Waals surface area contributed by atoms with Crippen LogP contribution in [0, 0.1) is 0 Å². The van der Waals surface area contributed by atoms with Crippen molar-refractivity contribution in [1.29, 1.82) is 0 Å². The van der Waals surface area contributed by atoms with E-state index < -0.39 is 11.9 Å². The Labute approximate surface area is 159 Å². The Bertz CT molecular complexity index is 743. The summed E-state index contributed by atoms with van der Waals surface area (Å²) in [6.07, 6.45) is 0.0332. The topological polar surface area (TPSA) is 73.9 Å². The normalized spacial score (nSPS) is 10.2. The van der Waals surface area contributed by atoms with Gasteiger partial charge in [-0.25, -0.2) is 4.79 Å². The van der Waals surface area contributed by atoms with Crippen LogP contribution in [0.1, 0.15) is 15.2 Å². The van der Waals surface area contributed by atoms with E-state index in [2.05, 4.69) is 37.3 Å². The fourth-order valence-corrected chi connectivity index (χ4v) is 3.72. The Morgan fingerprint density at radius 2 is 1.83 bits per heavy atom. The van der Waals surface area contributed by atoms with E-state index in [4.69, 9.17) is 14.3 Å². The van der Waals surface area contributed by atoms with Crippen molar-refractivity contribution in [1.82, 2.24) is 5.48 Å². The van der Waals surface area contributed by atoms with Crippen molar-refractivity contribution < 1.29 is 23.9 Å². The highest BCUT2D eigenvalue weighted by atomic mass is 79.9. The molecule has 6 nitrogen and oxygen atoms in total. The summed E-state index contributed by atoms with van der Waals surface area (Å²) < 4.78 is 11.8. The lowest BCUT2D eigenvalue weighted by Crippen LogP contribution is -2.28. The minimum Gasteiger partial charge on any atom is -0.493 e. The van der Waals surface area contributed by atoms with Crippen molar-refractivity contribution in [3.05, 3.63) is 43.0 Å². The van der Waals surface area contributed by atoms with Crippen LogP contribution < -0.4 is 15.0 Å². The first-order valence-electron chi connectivity index (χ1n) is 6.60. The van der Waals surface area contributed by atoms with Crippen LogP contribution in [0.4, 0.5) is 0 Å². The van der Waals surface area contributed by atoms with E-state index in [9.17, 15) is 9.59 Å². The maximum Gasteiger partial charge on any atom is 0.372 e. The van der Waals surface area contributed by atoms with Gasteiger partial charge in [0.2, 0.25) is 0 Å². The van der Waals surface area contributed by atoms with Gasteiger partial charge in [0.25, 0.3) is 5.91 Å². The summed E-state index contributed by atoms with van der Waals surface area (Å²) in [6.45, 7) is 0. The van der Waals surface area contributed by atoms with Crippen LogP contribution in [0.15, 0.2) is 32.5 Å². The first-order valence-corrected chi connectivity index (χ1v) is 9.00. The SMILES string of the molecule is COc1ccc(CC(=O)NOC(=O)c2cc(Br)c(Br)s2)cc1OC. The quantitative estimate of drug-likeness (QED) is 0.663. The number of rotatable bonds is 5. The molecule has 2 rings (SSSR count). The summed E-state index contributed by atoms with van der Waals surface area (Å²) in [7, 11) is 3.05. The van der Waals surface area contributed by atoms with Gasteiger partial charge in [0, 0.05) is 4.47 Å². The van der Waals surface area contributed by atoms with Gasteiger partial charge >= 0.3 is 5.97 Å². The molecule has 0 radical (unpaired) electrons. The molecule has 0 saturated heterocycles. The zero-order valence-electron chi connectivity index (χ0n) is 12.7. The number of halogens is 2. The number of carbonyl (C=O) groups excluding carboxylic acids is 2. The molecule has 0 fully saturated rings. The van der Waals surface area contributed by atoms with Crippen molar-refractivity contribution in [2.75, 3.05) is 14.2 Å². The number of amides is 1. The van der Waals surface area contributed by atoms with Gasteiger partial charge in [-0.1, -0.05) is 6.07 Å². The first kappa shape index (κ1) is 18.8. The van der Waals surface area contributed by atoms with Crippen molar-refractivity contribution in [3.63, 3.8) is 0 Å². The van der Waals surface area contributed by atoms with Gasteiger partial charge in [0.15, 0.2) is 11.5 Å². The average Bonchev–Trinajstić information content (AvgIpc) is 2.91. The Kier molecular flexibility index (Phi) is 6.64. The Morgan fingerprint density at radius 3 is 2.42 bits per heavy atom. The molecule has 2 aromatic rings. The van der Waals surface area contributed by atoms with E-state index in [-0.39, 0.29) is 6.42 Å². The molecular weight excluding hydrogens is 466 g/mol. The number of thiophene rings is 1. The highest BCUT2D eigenvalue weighted by molar-refractivity contribution is 9.13. The molecule has 0 unspecified atom stereocenters. The van der Waals surface area contributed by atoms with Crippen LogP contribution in [0.5, 0.6) is 11.5 Å². The van der Waals surface area contributed by atoms with Gasteiger partial charge in [0.1, 0.15) is 4.88 Å². The van der Waals surface area contributed by atoms with Crippen LogP contribution >= 0.6 is 43.2 Å². The molecule has 9 heteroatoms. The number of nitrogens with one attached hydrogen (secondary N) is 1. The van der Waals surface area contributed by atoms with Crippen molar-refractivity contribution in [3.8, 4) is 11.5 Å². The molecule has 0 bridgehead atoms. The minimum atomic E-state index is -0.632. The molecule has 1 N–H and O–H groups in total. The molecule has 1 amide bonds. The maximum atomic E-state index is 11.9. The van der Waals surface area contributed by atoms with E-state index in [0.29, 0.717) is 21.9 Å². The largest absolute Gasteiger partial charge is 0.493 e. The third-order valence-corrected chi connectivity index (χ3v) is 6.15. The molecule has 0 saturated carbocycles. The van der Waals surface area contributed by atoms with Crippen LogP contribution in [0.2, 0.25) is 0 Å². The maximum absolute atomic E-state index is 11.9. The second-order valence-electron chi connectivity index (χ2n) is 4.51. The van der Waals surface area contributed by atoms with Gasteiger partial charge in [-0.2, -0.15) is 5.48 Å². The van der Waals surface area contributed by atoms with E-state index >= 15 is 0 Å². The molecule has 0 spiro atoms. The zero-order chi connectivity index (χ0) is 17.7. The van der Waals surface area contributed by atoms with Crippen LogP contribution in [0.25, 0.3) is 0 Å². The van der Waals surface area contributed by atoms with Gasteiger partial charge < -0.3 is 14.3 Å². The van der Waals surface area contributed by atoms with Crippen LogP contribution in [-0.2, 0) is 16.1 Å². The summed E-state index contributed by atoms with van der Waals surface area (Å²) in [4.78, 5) is 28.9. The molecule has 24 heavy (non-hydrogen) atoms. The molecule has 0 aliphatic heterocycles. The Balaban J connectivity index is 1.92. The summed E-state index contributed by atoms with van der Waals surface area (Å²) in [5.74, 6) is 0.00679. The van der Waals surface area contributed by atoms with Crippen molar-refractivity contribution >= 4 is 55.1 Å². The number of hydrogen-bond donors (Lipinski definition) is 1. The predicted octanol–water partition coefficient (Wildman–Crippen LogP) is 3.72. The number of hydrogen-bond acceptors (Lipinski definition) is 6. The van der Waals surface area contributed by atoms with Crippen molar-refractivity contribution in [2.45, 2.75) is 6.42 Å². The van der Waals surface area contributed by atoms with E-state index in [1.807, 2.05) is 0 Å². The predicted molar refractivity (Wildman–Crippen MR) is 96.5 cm³/mol. The van der Waals surface area contributed by atoms with Gasteiger partial charge in [-0.3, -0.25) is 4.79 Å². The molecular formula is C15H13Br2NO5S. The monoisotopic (exact) mass is 477 g/mol. The lowest BCUT2D eigenvalue weighted by Gasteiger charge is -2.09. The summed E-state index contributed by atoms with van der Waals surface area (Å²) in [6, 6.07) is 6.73. The first-order chi connectivity index (χ1) is 11.4. The van der Waals surface area contributed by atoms with E-state index in [1.165, 1.54) is 25.6 Å². The lowest BCUT2D eigenvalue weighted by molar-refractivity contribution is -0.129. The highest BCUT2D eigenvalue weighted by Crippen LogP contribution is 2.32. The fraction of sp³-hybridized carbons (Fsp3) is 0.200. The zero-order valence-corrected chi connectivity index (χ0v) is 16.7. The Morgan fingerprint density at radius 1 is 1.12 bits per heavy atom. The smallest absolute Gasteiger partial charge is 0.372 e. The molecule has 0 aliphatic rings. The average molecular weight is 479 g/mol. The Hall–Kier alpha value is -1.58. The minimum absolute atomic E-state index is 0.0332. The molecule has 0 aliphatic carbocycles. The number of methoxy groups -OCH3 is 2. The molecule has 0 atom stereocenters. The summed E-state index contributed by atoms with van der Waals surface area (Å²) >= 11 is 7.77. The standard InChI is InChI=1S/C15H13Br2NO5S/c1-21-10-4-3-8(5-11(10)22-2)6-13(19)18-23-15(20)12-7-9(16)14(17)24-12/h3-5,7H,6H2,1-2H3,(H,18,19). The number of hydroxylamine groups is 1. The second-order valence-corrected chi connectivity index (χ2v) is 7.74. The number of benzene rings is 1. The third kappa shape index (κ3) is 4.71. The van der Waals surface area contributed by atoms with Crippen LogP contribution in [-0.4, -0.2) is 26.1 Å². The summed E-state index contributed by atoms with van der Waals surface area (Å²) in [5.41, 5.74) is 2.84. The second kappa shape index (κ2) is 8.50. The van der Waals surface area contributed by atoms with Gasteiger partial charge in [0.05, 0.1) is 24.4 Å². The third-order valence-electron chi connectivity index (χ3n) is 2.92. The van der Waals surface area contributed by atoms with Gasteiger partial charge in [-0.05, 0) is 55.6 Å². The van der Waals surface area contributed by atoms with E-state index in [1.54, 1.807) is 24.3 Å². The lowest BCUT2D eigenvalue weighted by atomic mass is 10.1. The molecule has 1 aromatic carbocycles. The van der Waals surface area contributed by atoms with Gasteiger partial charge in [-0.15, -0.1) is 11.3 Å². The number of carbonyl (C=O) groups is 2. The summed E-state index contributed by atoms with van der Waals surface area (Å²) in [5, 5.41) is 0. The highest BCUT2D eigenvalue weighted by Gasteiger charge is 2.15. The van der Waals surface area contributed by atoms with Crippen LogP contribution in [0.3, 0.4) is 0 Å². The molecule has 1 heterocycles. The molecule has 1 aromatic heterocycles. The van der Waals surface area contributed by atoms with E-state index in [0.717, 1.165) is 8.26 Å².